The normalized spacial score (nSPS) is 11.1. The first-order chi connectivity index (χ1) is 11.2. The molecule has 0 spiro atoms. The van der Waals surface area contributed by atoms with E-state index in [0.29, 0.717) is 5.88 Å². The Morgan fingerprint density at radius 3 is 2.65 bits per heavy atom. The van der Waals surface area contributed by atoms with E-state index in [9.17, 15) is 0 Å². The zero-order valence-corrected chi connectivity index (χ0v) is 13.4. The van der Waals surface area contributed by atoms with Crippen molar-refractivity contribution in [3.05, 3.63) is 65.7 Å². The Bertz CT molecular complexity index is 820. The first-order valence-electron chi connectivity index (χ1n) is 7.33. The maximum absolute atomic E-state index is 5.05. The van der Waals surface area contributed by atoms with Crippen LogP contribution in [-0.2, 0) is 0 Å². The molecule has 0 unspecified atom stereocenters. The molecule has 0 atom stereocenters. The summed E-state index contributed by atoms with van der Waals surface area (Å²) < 4.78 is 7.16. The van der Waals surface area contributed by atoms with Crippen LogP contribution in [0.5, 0.6) is 5.88 Å². The van der Waals surface area contributed by atoms with Crippen LogP contribution in [0.2, 0.25) is 0 Å². The van der Waals surface area contributed by atoms with E-state index in [0.717, 1.165) is 28.5 Å². The summed E-state index contributed by atoms with van der Waals surface area (Å²) in [5.74, 6) is 1.49. The number of methoxy groups -OCH3 is 1. The van der Waals surface area contributed by atoms with Gasteiger partial charge in [0.1, 0.15) is 5.82 Å². The van der Waals surface area contributed by atoms with E-state index in [1.165, 1.54) is 0 Å². The van der Waals surface area contributed by atoms with Crippen LogP contribution in [-0.4, -0.2) is 27.9 Å². The van der Waals surface area contributed by atoms with Crippen LogP contribution >= 0.6 is 0 Å². The van der Waals surface area contributed by atoms with Gasteiger partial charge in [-0.2, -0.15) is 0 Å². The van der Waals surface area contributed by atoms with Crippen LogP contribution in [0.25, 0.3) is 5.82 Å². The molecule has 23 heavy (non-hydrogen) atoms. The van der Waals surface area contributed by atoms with Crippen LogP contribution in [0.4, 0.5) is 5.69 Å². The lowest BCUT2D eigenvalue weighted by molar-refractivity contribution is 0.398. The fourth-order valence-corrected chi connectivity index (χ4v) is 2.47. The largest absolute Gasteiger partial charge is 0.481 e. The number of aryl methyl sites for hydroxylation is 1. The van der Waals surface area contributed by atoms with Crippen molar-refractivity contribution in [2.75, 3.05) is 7.11 Å². The second-order valence-corrected chi connectivity index (χ2v) is 5.17. The molecule has 0 fully saturated rings. The molecule has 0 aromatic carbocycles. The standard InChI is InChI=1S/C18H18N4O/c1-13-10-15(11-20-16-7-8-18(23-3)21-12-16)14(2)22(13)17-6-4-5-9-19-17/h4-12H,1-3H3. The molecule has 0 amide bonds. The van der Waals surface area contributed by atoms with Crippen LogP contribution < -0.4 is 4.74 Å². The van der Waals surface area contributed by atoms with Crippen molar-refractivity contribution in [3.63, 3.8) is 0 Å². The number of rotatable bonds is 4. The lowest BCUT2D eigenvalue weighted by Gasteiger charge is -2.07. The summed E-state index contributed by atoms with van der Waals surface area (Å²) in [6.45, 7) is 4.13. The highest BCUT2D eigenvalue weighted by atomic mass is 16.5. The van der Waals surface area contributed by atoms with E-state index in [1.54, 1.807) is 25.6 Å². The summed E-state index contributed by atoms with van der Waals surface area (Å²) in [6, 6.07) is 11.7. The topological polar surface area (TPSA) is 52.3 Å². The van der Waals surface area contributed by atoms with Crippen LogP contribution in [0.3, 0.4) is 0 Å². The number of aliphatic imine (C=N–C) groups is 1. The third kappa shape index (κ3) is 3.13. The minimum absolute atomic E-state index is 0.581. The quantitative estimate of drug-likeness (QED) is 0.691. The van der Waals surface area contributed by atoms with Gasteiger partial charge in [0.25, 0.3) is 0 Å². The first-order valence-corrected chi connectivity index (χ1v) is 7.33. The van der Waals surface area contributed by atoms with E-state index in [-0.39, 0.29) is 0 Å². The lowest BCUT2D eigenvalue weighted by Crippen LogP contribution is -2.01. The van der Waals surface area contributed by atoms with Gasteiger partial charge in [0, 0.05) is 35.4 Å². The van der Waals surface area contributed by atoms with Crippen molar-refractivity contribution in [1.29, 1.82) is 0 Å². The van der Waals surface area contributed by atoms with Crippen molar-refractivity contribution in [3.8, 4) is 11.7 Å². The smallest absolute Gasteiger partial charge is 0.213 e. The number of ether oxygens (including phenoxy) is 1. The van der Waals surface area contributed by atoms with Gasteiger partial charge in [-0.1, -0.05) is 6.07 Å². The van der Waals surface area contributed by atoms with Gasteiger partial charge in [-0.15, -0.1) is 0 Å². The third-order valence-corrected chi connectivity index (χ3v) is 3.63. The van der Waals surface area contributed by atoms with Gasteiger partial charge in [-0.25, -0.2) is 9.97 Å². The maximum Gasteiger partial charge on any atom is 0.213 e. The monoisotopic (exact) mass is 306 g/mol. The molecule has 0 saturated carbocycles. The molecular formula is C18H18N4O. The Hall–Kier alpha value is -2.95. The number of nitrogens with zero attached hydrogens (tertiary/aromatic N) is 4. The summed E-state index contributed by atoms with van der Waals surface area (Å²) in [4.78, 5) is 13.1. The zero-order chi connectivity index (χ0) is 16.2. The molecule has 5 heteroatoms. The fraction of sp³-hybridized carbons (Fsp3) is 0.167. The van der Waals surface area contributed by atoms with E-state index < -0.39 is 0 Å². The van der Waals surface area contributed by atoms with Crippen molar-refractivity contribution in [2.24, 2.45) is 4.99 Å². The molecule has 0 aliphatic heterocycles. The second-order valence-electron chi connectivity index (χ2n) is 5.17. The summed E-state index contributed by atoms with van der Waals surface area (Å²) in [6.07, 6.45) is 5.34. The molecule has 3 heterocycles. The van der Waals surface area contributed by atoms with Gasteiger partial charge in [0.05, 0.1) is 19.0 Å². The molecule has 0 saturated heterocycles. The van der Waals surface area contributed by atoms with Gasteiger partial charge < -0.3 is 9.30 Å². The van der Waals surface area contributed by atoms with E-state index >= 15 is 0 Å². The van der Waals surface area contributed by atoms with Crippen molar-refractivity contribution in [1.82, 2.24) is 14.5 Å². The number of pyridine rings is 2. The predicted molar refractivity (Wildman–Crippen MR) is 91.1 cm³/mol. The average molecular weight is 306 g/mol. The minimum atomic E-state index is 0.581. The molecular weight excluding hydrogens is 288 g/mol. The van der Waals surface area contributed by atoms with Crippen LogP contribution in [0.15, 0.2) is 53.8 Å². The minimum Gasteiger partial charge on any atom is -0.481 e. The molecule has 0 N–H and O–H groups in total. The van der Waals surface area contributed by atoms with E-state index in [2.05, 4.69) is 39.4 Å². The fourth-order valence-electron chi connectivity index (χ4n) is 2.47. The number of hydrogen-bond donors (Lipinski definition) is 0. The lowest BCUT2D eigenvalue weighted by atomic mass is 10.2. The number of hydrogen-bond acceptors (Lipinski definition) is 4. The molecule has 0 radical (unpaired) electrons. The Morgan fingerprint density at radius 1 is 1.13 bits per heavy atom. The molecule has 3 aromatic rings. The molecule has 0 aliphatic carbocycles. The predicted octanol–water partition coefficient (Wildman–Crippen LogP) is 3.64. The van der Waals surface area contributed by atoms with Gasteiger partial charge >= 0.3 is 0 Å². The van der Waals surface area contributed by atoms with Gasteiger partial charge in [-0.05, 0) is 38.1 Å². The summed E-state index contributed by atoms with van der Waals surface area (Å²) in [5.41, 5.74) is 4.07. The molecule has 3 rings (SSSR count). The highest BCUT2D eigenvalue weighted by Crippen LogP contribution is 2.19. The van der Waals surface area contributed by atoms with Crippen molar-refractivity contribution in [2.45, 2.75) is 13.8 Å². The first kappa shape index (κ1) is 15.0. The van der Waals surface area contributed by atoms with Gasteiger partial charge in [0.2, 0.25) is 5.88 Å². The highest BCUT2D eigenvalue weighted by Gasteiger charge is 2.09. The van der Waals surface area contributed by atoms with Crippen molar-refractivity contribution >= 4 is 11.9 Å². The van der Waals surface area contributed by atoms with E-state index in [4.69, 9.17) is 4.74 Å². The van der Waals surface area contributed by atoms with Crippen LogP contribution in [0, 0.1) is 13.8 Å². The Kier molecular flexibility index (Phi) is 4.19. The molecule has 5 nitrogen and oxygen atoms in total. The molecule has 0 bridgehead atoms. The zero-order valence-electron chi connectivity index (χ0n) is 13.4. The maximum atomic E-state index is 5.05. The van der Waals surface area contributed by atoms with Gasteiger partial charge in [-0.3, -0.25) is 4.99 Å². The number of aromatic nitrogens is 3. The second kappa shape index (κ2) is 6.44. The Morgan fingerprint density at radius 2 is 2.00 bits per heavy atom. The van der Waals surface area contributed by atoms with Crippen LogP contribution in [0.1, 0.15) is 17.0 Å². The molecule has 116 valence electrons. The van der Waals surface area contributed by atoms with E-state index in [1.807, 2.05) is 30.5 Å². The summed E-state index contributed by atoms with van der Waals surface area (Å²) >= 11 is 0. The Balaban J connectivity index is 1.90. The third-order valence-electron chi connectivity index (χ3n) is 3.63. The average Bonchev–Trinajstić information content (AvgIpc) is 2.88. The highest BCUT2D eigenvalue weighted by molar-refractivity contribution is 5.84. The van der Waals surface area contributed by atoms with Gasteiger partial charge in [0.15, 0.2) is 0 Å². The summed E-state index contributed by atoms with van der Waals surface area (Å²) in [7, 11) is 1.59. The Labute approximate surface area is 135 Å². The van der Waals surface area contributed by atoms with Crippen molar-refractivity contribution < 1.29 is 4.74 Å². The molecule has 0 aliphatic rings. The summed E-state index contributed by atoms with van der Waals surface area (Å²) in [5, 5.41) is 0. The molecule has 3 aromatic heterocycles. The SMILES string of the molecule is COc1ccc(N=Cc2cc(C)n(-c3ccccn3)c2C)cn1.